The van der Waals surface area contributed by atoms with Gasteiger partial charge in [-0.2, -0.15) is 0 Å². The average Bonchev–Trinajstić information content (AvgIpc) is 2.73. The minimum absolute atomic E-state index is 0.178. The van der Waals surface area contributed by atoms with E-state index in [9.17, 15) is 4.39 Å². The van der Waals surface area contributed by atoms with Crippen molar-refractivity contribution >= 4 is 21.6 Å². The number of hydrogen-bond acceptors (Lipinski definition) is 3. The van der Waals surface area contributed by atoms with Crippen LogP contribution in [-0.2, 0) is 0 Å². The number of anilines is 1. The summed E-state index contributed by atoms with van der Waals surface area (Å²) in [4.78, 5) is 0. The van der Waals surface area contributed by atoms with Gasteiger partial charge in [-0.05, 0) is 46.3 Å². The molecular formula is C12H12BrFN2O. The number of hydrogen-bond donors (Lipinski definition) is 2. The molecule has 0 fully saturated rings. The van der Waals surface area contributed by atoms with E-state index in [1.807, 2.05) is 6.07 Å². The number of nitrogens with two attached hydrogens (primary N) is 1. The molecule has 17 heavy (non-hydrogen) atoms. The molecule has 3 N–H and O–H groups in total. The van der Waals surface area contributed by atoms with Gasteiger partial charge in [-0.3, -0.25) is 0 Å². The Kier molecular flexibility index (Phi) is 3.81. The van der Waals surface area contributed by atoms with Crippen molar-refractivity contribution < 1.29 is 8.81 Å². The molecule has 0 aliphatic rings. The Hall–Kier alpha value is -1.33. The van der Waals surface area contributed by atoms with Gasteiger partial charge in [0.1, 0.15) is 11.6 Å². The van der Waals surface area contributed by atoms with Gasteiger partial charge in [0.2, 0.25) is 0 Å². The first-order valence-corrected chi connectivity index (χ1v) is 5.96. The molecule has 1 heterocycles. The fraction of sp³-hybridized carbons (Fsp3) is 0.167. The lowest BCUT2D eigenvalue weighted by molar-refractivity contribution is 0.463. The highest BCUT2D eigenvalue weighted by molar-refractivity contribution is 9.10. The van der Waals surface area contributed by atoms with Crippen molar-refractivity contribution in [3.05, 3.63) is 52.6 Å². The molecule has 1 unspecified atom stereocenters. The van der Waals surface area contributed by atoms with Crippen molar-refractivity contribution in [3.8, 4) is 0 Å². The number of benzene rings is 1. The molecule has 0 spiro atoms. The van der Waals surface area contributed by atoms with E-state index in [0.29, 0.717) is 22.7 Å². The van der Waals surface area contributed by atoms with E-state index < -0.39 is 0 Å². The smallest absolute Gasteiger partial charge is 0.169 e. The summed E-state index contributed by atoms with van der Waals surface area (Å²) in [5.74, 6) is 0.426. The summed E-state index contributed by atoms with van der Waals surface area (Å²) in [6, 6.07) is 9.68. The molecule has 0 saturated heterocycles. The van der Waals surface area contributed by atoms with Crippen LogP contribution in [0, 0.1) is 5.82 Å². The largest absolute Gasteiger partial charge is 0.452 e. The van der Waals surface area contributed by atoms with Gasteiger partial charge < -0.3 is 15.5 Å². The molecule has 0 aliphatic carbocycles. The van der Waals surface area contributed by atoms with E-state index in [4.69, 9.17) is 10.2 Å². The third-order valence-corrected chi connectivity index (χ3v) is 2.76. The van der Waals surface area contributed by atoms with Crippen LogP contribution in [-0.4, -0.2) is 6.54 Å². The second kappa shape index (κ2) is 5.33. The van der Waals surface area contributed by atoms with Crippen molar-refractivity contribution in [3.63, 3.8) is 0 Å². The number of furan rings is 1. The molecule has 90 valence electrons. The van der Waals surface area contributed by atoms with Gasteiger partial charge in [0, 0.05) is 12.2 Å². The molecule has 1 aromatic heterocycles. The molecule has 1 aromatic carbocycles. The van der Waals surface area contributed by atoms with Crippen molar-refractivity contribution in [1.29, 1.82) is 0 Å². The third kappa shape index (κ3) is 3.08. The highest BCUT2D eigenvalue weighted by Crippen LogP contribution is 2.23. The number of halogens is 2. The van der Waals surface area contributed by atoms with Crippen LogP contribution in [0.2, 0.25) is 0 Å². The van der Waals surface area contributed by atoms with E-state index in [1.54, 1.807) is 18.2 Å². The van der Waals surface area contributed by atoms with Gasteiger partial charge in [0.25, 0.3) is 0 Å². The average molecular weight is 299 g/mol. The summed E-state index contributed by atoms with van der Waals surface area (Å²) in [6.07, 6.45) is 0. The molecule has 3 nitrogen and oxygen atoms in total. The molecule has 0 aliphatic heterocycles. The van der Waals surface area contributed by atoms with Gasteiger partial charge in [0.05, 0.1) is 6.04 Å². The Bertz CT molecular complexity index is 501. The van der Waals surface area contributed by atoms with Gasteiger partial charge in [0.15, 0.2) is 4.67 Å². The normalized spacial score (nSPS) is 12.4. The quantitative estimate of drug-likeness (QED) is 0.911. The van der Waals surface area contributed by atoms with Gasteiger partial charge in [-0.25, -0.2) is 4.39 Å². The Morgan fingerprint density at radius 1 is 1.35 bits per heavy atom. The number of rotatable bonds is 4. The van der Waals surface area contributed by atoms with Crippen LogP contribution in [0.3, 0.4) is 0 Å². The maximum atomic E-state index is 13.0. The van der Waals surface area contributed by atoms with Crippen LogP contribution < -0.4 is 11.1 Å². The molecule has 1 atom stereocenters. The first-order valence-electron chi connectivity index (χ1n) is 5.16. The summed E-state index contributed by atoms with van der Waals surface area (Å²) in [7, 11) is 0. The Morgan fingerprint density at radius 2 is 2.18 bits per heavy atom. The second-order valence-electron chi connectivity index (χ2n) is 3.58. The summed E-state index contributed by atoms with van der Waals surface area (Å²) in [6.45, 7) is 0.358. The predicted octanol–water partition coefficient (Wildman–Crippen LogP) is 3.29. The van der Waals surface area contributed by atoms with E-state index >= 15 is 0 Å². The Labute approximate surface area is 107 Å². The zero-order valence-electron chi connectivity index (χ0n) is 8.99. The van der Waals surface area contributed by atoms with Crippen molar-refractivity contribution in [2.24, 2.45) is 5.73 Å². The van der Waals surface area contributed by atoms with Crippen molar-refractivity contribution in [2.45, 2.75) is 6.04 Å². The van der Waals surface area contributed by atoms with E-state index in [0.717, 1.165) is 0 Å². The van der Waals surface area contributed by atoms with Crippen LogP contribution in [0.1, 0.15) is 11.8 Å². The van der Waals surface area contributed by atoms with E-state index in [-0.39, 0.29) is 11.9 Å². The van der Waals surface area contributed by atoms with Crippen molar-refractivity contribution in [1.82, 2.24) is 0 Å². The lowest BCUT2D eigenvalue weighted by Crippen LogP contribution is -2.20. The van der Waals surface area contributed by atoms with E-state index in [2.05, 4.69) is 21.2 Å². The van der Waals surface area contributed by atoms with Crippen LogP contribution in [0.15, 0.2) is 45.5 Å². The highest BCUT2D eigenvalue weighted by atomic mass is 79.9. The molecular weight excluding hydrogens is 287 g/mol. The van der Waals surface area contributed by atoms with Gasteiger partial charge >= 0.3 is 0 Å². The van der Waals surface area contributed by atoms with Gasteiger partial charge in [-0.1, -0.05) is 6.07 Å². The highest BCUT2D eigenvalue weighted by Gasteiger charge is 2.13. The van der Waals surface area contributed by atoms with Crippen LogP contribution in [0.25, 0.3) is 0 Å². The maximum Gasteiger partial charge on any atom is 0.169 e. The maximum absolute atomic E-state index is 13.0. The lowest BCUT2D eigenvalue weighted by atomic mass is 10.2. The summed E-state index contributed by atoms with van der Waals surface area (Å²) in [5, 5.41) is 3.12. The van der Waals surface area contributed by atoms with E-state index in [1.165, 1.54) is 12.1 Å². The van der Waals surface area contributed by atoms with Gasteiger partial charge in [-0.15, -0.1) is 0 Å². The zero-order chi connectivity index (χ0) is 12.3. The third-order valence-electron chi connectivity index (χ3n) is 2.34. The molecule has 2 aromatic rings. The molecule has 0 radical (unpaired) electrons. The predicted molar refractivity (Wildman–Crippen MR) is 68.2 cm³/mol. The lowest BCUT2D eigenvalue weighted by Gasteiger charge is -2.15. The Balaban J connectivity index is 2.15. The molecule has 0 bridgehead atoms. The summed E-state index contributed by atoms with van der Waals surface area (Å²) in [5.41, 5.74) is 6.34. The minimum atomic E-state index is -0.286. The first kappa shape index (κ1) is 12.1. The molecule has 2 rings (SSSR count). The molecule has 0 saturated carbocycles. The fourth-order valence-electron chi connectivity index (χ4n) is 1.54. The molecule has 0 amide bonds. The second-order valence-corrected chi connectivity index (χ2v) is 4.37. The van der Waals surface area contributed by atoms with Crippen LogP contribution in [0.5, 0.6) is 0 Å². The SMILES string of the molecule is NCC(Nc1cccc(F)c1)c1ccc(Br)o1. The first-order chi connectivity index (χ1) is 8.19. The van der Waals surface area contributed by atoms with Crippen LogP contribution >= 0.6 is 15.9 Å². The molecule has 5 heteroatoms. The standard InChI is InChI=1S/C12H12BrFN2O/c13-12-5-4-11(17-12)10(7-15)16-9-3-1-2-8(14)6-9/h1-6,10,16H,7,15H2. The monoisotopic (exact) mass is 298 g/mol. The topological polar surface area (TPSA) is 51.2 Å². The summed E-state index contributed by atoms with van der Waals surface area (Å²) >= 11 is 3.23. The number of nitrogens with one attached hydrogen (secondary N) is 1. The van der Waals surface area contributed by atoms with Crippen molar-refractivity contribution in [2.75, 3.05) is 11.9 Å². The minimum Gasteiger partial charge on any atom is -0.452 e. The zero-order valence-corrected chi connectivity index (χ0v) is 10.6. The fourth-order valence-corrected chi connectivity index (χ4v) is 1.86. The van der Waals surface area contributed by atoms with Crippen LogP contribution in [0.4, 0.5) is 10.1 Å². The Morgan fingerprint density at radius 3 is 2.76 bits per heavy atom. The summed E-state index contributed by atoms with van der Waals surface area (Å²) < 4.78 is 19.1.